The summed E-state index contributed by atoms with van der Waals surface area (Å²) in [5, 5.41) is 12.1. The molecule has 5 nitrogen and oxygen atoms in total. The van der Waals surface area contributed by atoms with Gasteiger partial charge in [0.25, 0.3) is 0 Å². The van der Waals surface area contributed by atoms with Crippen LogP contribution in [0.3, 0.4) is 0 Å². The summed E-state index contributed by atoms with van der Waals surface area (Å²) in [6.45, 7) is 2.52. The summed E-state index contributed by atoms with van der Waals surface area (Å²) in [4.78, 5) is 12.1. The number of benzene rings is 2. The molecule has 0 radical (unpaired) electrons. The molecule has 3 rings (SSSR count). The van der Waals surface area contributed by atoms with E-state index in [0.717, 1.165) is 27.6 Å². The summed E-state index contributed by atoms with van der Waals surface area (Å²) in [5.41, 5.74) is 4.05. The fourth-order valence-corrected chi connectivity index (χ4v) is 3.09. The molecule has 0 saturated heterocycles. The van der Waals surface area contributed by atoms with Gasteiger partial charge < -0.3 is 10.1 Å². The van der Waals surface area contributed by atoms with Gasteiger partial charge in [0.1, 0.15) is 10.8 Å². The van der Waals surface area contributed by atoms with Gasteiger partial charge in [-0.15, -0.1) is 10.2 Å². The third-order valence-electron chi connectivity index (χ3n) is 3.96. The van der Waals surface area contributed by atoms with Crippen molar-refractivity contribution in [2.75, 3.05) is 12.9 Å². The highest BCUT2D eigenvalue weighted by atomic mass is 32.2. The zero-order chi connectivity index (χ0) is 19.1. The Labute approximate surface area is 163 Å². The number of nitrogens with zero attached hydrogens (tertiary/aromatic N) is 2. The van der Waals surface area contributed by atoms with Crippen molar-refractivity contribution in [2.45, 2.75) is 18.5 Å². The van der Waals surface area contributed by atoms with E-state index in [1.807, 2.05) is 60.7 Å². The molecule has 0 aliphatic carbocycles. The summed E-state index contributed by atoms with van der Waals surface area (Å²) in [6, 6.07) is 19.6. The van der Waals surface area contributed by atoms with Gasteiger partial charge in [0, 0.05) is 12.1 Å². The summed E-state index contributed by atoms with van der Waals surface area (Å²) in [5.74, 6) is 1.02. The van der Waals surface area contributed by atoms with Crippen LogP contribution in [-0.4, -0.2) is 29.0 Å². The number of methoxy groups -OCH3 is 1. The Bertz CT molecular complexity index is 896. The van der Waals surface area contributed by atoms with Gasteiger partial charge in [-0.3, -0.25) is 4.79 Å². The van der Waals surface area contributed by atoms with Crippen LogP contribution >= 0.6 is 11.8 Å². The minimum Gasteiger partial charge on any atom is -0.497 e. The first-order valence-corrected chi connectivity index (χ1v) is 9.56. The number of hydrogen-bond acceptors (Lipinski definition) is 5. The molecule has 1 aromatic heterocycles. The standard InChI is InChI=1S/C21H21N3O2S/c1-15-6-8-17(9-7-15)19-10-11-21(24-23-19)27-14-20(25)22-13-16-4-3-5-18(12-16)26-2/h3-12H,13-14H2,1-2H3,(H,22,25). The fourth-order valence-electron chi connectivity index (χ4n) is 2.45. The van der Waals surface area contributed by atoms with Crippen molar-refractivity contribution < 1.29 is 9.53 Å². The topological polar surface area (TPSA) is 64.1 Å². The Kier molecular flexibility index (Phi) is 6.44. The number of aryl methyl sites for hydroxylation is 1. The minimum atomic E-state index is -0.0489. The van der Waals surface area contributed by atoms with Crippen molar-refractivity contribution >= 4 is 17.7 Å². The molecule has 0 atom stereocenters. The van der Waals surface area contributed by atoms with Gasteiger partial charge in [0.2, 0.25) is 5.91 Å². The molecule has 27 heavy (non-hydrogen) atoms. The molecule has 0 aliphatic rings. The number of rotatable bonds is 7. The van der Waals surface area contributed by atoms with Gasteiger partial charge >= 0.3 is 0 Å². The maximum absolute atomic E-state index is 12.1. The second-order valence-corrected chi connectivity index (χ2v) is 7.04. The average Bonchev–Trinajstić information content (AvgIpc) is 2.72. The summed E-state index contributed by atoms with van der Waals surface area (Å²) < 4.78 is 5.18. The number of ether oxygens (including phenoxy) is 1. The number of amides is 1. The lowest BCUT2D eigenvalue weighted by Gasteiger charge is -2.07. The molecule has 0 spiro atoms. The minimum absolute atomic E-state index is 0.0489. The molecule has 3 aromatic rings. The molecular formula is C21H21N3O2S. The SMILES string of the molecule is COc1cccc(CNC(=O)CSc2ccc(-c3ccc(C)cc3)nn2)c1. The molecule has 6 heteroatoms. The van der Waals surface area contributed by atoms with E-state index in [1.54, 1.807) is 7.11 Å². The zero-order valence-corrected chi connectivity index (χ0v) is 16.1. The van der Waals surface area contributed by atoms with Crippen molar-refractivity contribution in [2.24, 2.45) is 0 Å². The van der Waals surface area contributed by atoms with Crippen LogP contribution in [0.15, 0.2) is 65.7 Å². The predicted octanol–water partition coefficient (Wildman–Crippen LogP) is 3.87. The molecule has 1 heterocycles. The highest BCUT2D eigenvalue weighted by molar-refractivity contribution is 7.99. The largest absolute Gasteiger partial charge is 0.497 e. The van der Waals surface area contributed by atoms with Gasteiger partial charge in [-0.2, -0.15) is 0 Å². The summed E-state index contributed by atoms with van der Waals surface area (Å²) in [7, 11) is 1.62. The first kappa shape index (κ1) is 18.9. The van der Waals surface area contributed by atoms with Crippen molar-refractivity contribution in [3.63, 3.8) is 0 Å². The van der Waals surface area contributed by atoms with E-state index >= 15 is 0 Å². The van der Waals surface area contributed by atoms with E-state index < -0.39 is 0 Å². The van der Waals surface area contributed by atoms with Crippen LogP contribution in [0.5, 0.6) is 5.75 Å². The first-order valence-electron chi connectivity index (χ1n) is 8.57. The number of thioether (sulfide) groups is 1. The molecule has 0 saturated carbocycles. The summed E-state index contributed by atoms with van der Waals surface area (Å²) >= 11 is 1.37. The molecule has 0 bridgehead atoms. The fraction of sp³-hybridized carbons (Fsp3) is 0.190. The monoisotopic (exact) mass is 379 g/mol. The van der Waals surface area contributed by atoms with Crippen LogP contribution in [0.25, 0.3) is 11.3 Å². The van der Waals surface area contributed by atoms with Crippen LogP contribution in [0.4, 0.5) is 0 Å². The predicted molar refractivity (Wildman–Crippen MR) is 108 cm³/mol. The van der Waals surface area contributed by atoms with E-state index in [0.29, 0.717) is 12.3 Å². The maximum Gasteiger partial charge on any atom is 0.230 e. The van der Waals surface area contributed by atoms with Crippen molar-refractivity contribution in [3.8, 4) is 17.0 Å². The third kappa shape index (κ3) is 5.56. The molecule has 2 aromatic carbocycles. The Morgan fingerprint density at radius 3 is 2.59 bits per heavy atom. The molecule has 1 N–H and O–H groups in total. The zero-order valence-electron chi connectivity index (χ0n) is 15.3. The lowest BCUT2D eigenvalue weighted by atomic mass is 10.1. The number of carbonyl (C=O) groups excluding carboxylic acids is 1. The lowest BCUT2D eigenvalue weighted by Crippen LogP contribution is -2.24. The number of nitrogens with one attached hydrogen (secondary N) is 1. The lowest BCUT2D eigenvalue weighted by molar-refractivity contribution is -0.118. The van der Waals surface area contributed by atoms with E-state index in [-0.39, 0.29) is 5.91 Å². The Hall–Kier alpha value is -2.86. The molecule has 0 aliphatic heterocycles. The Morgan fingerprint density at radius 1 is 1.07 bits per heavy atom. The number of aromatic nitrogens is 2. The van der Waals surface area contributed by atoms with Crippen LogP contribution in [0, 0.1) is 6.92 Å². The van der Waals surface area contributed by atoms with Crippen LogP contribution < -0.4 is 10.1 Å². The normalized spacial score (nSPS) is 10.4. The molecule has 138 valence electrons. The Morgan fingerprint density at radius 2 is 1.89 bits per heavy atom. The van der Waals surface area contributed by atoms with E-state index in [4.69, 9.17) is 4.74 Å². The van der Waals surface area contributed by atoms with Crippen molar-refractivity contribution in [3.05, 3.63) is 71.8 Å². The van der Waals surface area contributed by atoms with Crippen LogP contribution in [0.1, 0.15) is 11.1 Å². The summed E-state index contributed by atoms with van der Waals surface area (Å²) in [6.07, 6.45) is 0. The highest BCUT2D eigenvalue weighted by Gasteiger charge is 2.06. The second-order valence-electron chi connectivity index (χ2n) is 6.04. The van der Waals surface area contributed by atoms with Gasteiger partial charge in [-0.1, -0.05) is 53.7 Å². The quantitative estimate of drug-likeness (QED) is 0.632. The van der Waals surface area contributed by atoms with E-state index in [2.05, 4.69) is 22.4 Å². The molecule has 0 unspecified atom stereocenters. The second kappa shape index (κ2) is 9.19. The third-order valence-corrected chi connectivity index (χ3v) is 4.88. The van der Waals surface area contributed by atoms with Gasteiger partial charge in [0.05, 0.1) is 18.6 Å². The van der Waals surface area contributed by atoms with Crippen LogP contribution in [-0.2, 0) is 11.3 Å². The van der Waals surface area contributed by atoms with Gasteiger partial charge in [-0.05, 0) is 36.8 Å². The number of hydrogen-bond donors (Lipinski definition) is 1. The van der Waals surface area contributed by atoms with Crippen molar-refractivity contribution in [1.82, 2.24) is 15.5 Å². The maximum atomic E-state index is 12.1. The average molecular weight is 379 g/mol. The van der Waals surface area contributed by atoms with Gasteiger partial charge in [0.15, 0.2) is 0 Å². The molecule has 1 amide bonds. The molecular weight excluding hydrogens is 358 g/mol. The van der Waals surface area contributed by atoms with Crippen LogP contribution in [0.2, 0.25) is 0 Å². The first-order chi connectivity index (χ1) is 13.1. The smallest absolute Gasteiger partial charge is 0.230 e. The van der Waals surface area contributed by atoms with Gasteiger partial charge in [-0.25, -0.2) is 0 Å². The van der Waals surface area contributed by atoms with Crippen molar-refractivity contribution in [1.29, 1.82) is 0 Å². The van der Waals surface area contributed by atoms with E-state index in [9.17, 15) is 4.79 Å². The highest BCUT2D eigenvalue weighted by Crippen LogP contribution is 2.20. The van der Waals surface area contributed by atoms with E-state index in [1.165, 1.54) is 17.3 Å². The number of carbonyl (C=O) groups is 1. The molecule has 0 fully saturated rings. The Balaban J connectivity index is 1.49.